The van der Waals surface area contributed by atoms with E-state index in [1.165, 1.54) is 0 Å². The number of carbonyl (C=O) groups excluding carboxylic acids is 2. The van der Waals surface area contributed by atoms with Gasteiger partial charge in [-0.3, -0.25) is 4.79 Å². The lowest BCUT2D eigenvalue weighted by molar-refractivity contribution is -0.125. The molecule has 1 atom stereocenters. The maximum absolute atomic E-state index is 12.3. The molecule has 3 rings (SSSR count). The molecule has 2 aromatic rings. The number of anilines is 1. The first-order chi connectivity index (χ1) is 10.5. The van der Waals surface area contributed by atoms with Crippen LogP contribution in [0.4, 0.5) is 5.69 Å². The van der Waals surface area contributed by atoms with Gasteiger partial charge in [-0.05, 0) is 36.2 Å². The summed E-state index contributed by atoms with van der Waals surface area (Å²) < 4.78 is 5.22. The highest BCUT2D eigenvalue weighted by Crippen LogP contribution is 2.23. The molecule has 0 radical (unpaired) electrons. The fourth-order valence-corrected chi connectivity index (χ4v) is 2.55. The molecule has 1 unspecified atom stereocenters. The van der Waals surface area contributed by atoms with Gasteiger partial charge in [0, 0.05) is 17.1 Å². The van der Waals surface area contributed by atoms with E-state index in [4.69, 9.17) is 16.3 Å². The minimum absolute atomic E-state index is 0.359. The molecule has 22 heavy (non-hydrogen) atoms. The van der Waals surface area contributed by atoms with Gasteiger partial charge in [-0.2, -0.15) is 0 Å². The molecule has 0 saturated carbocycles. The Bertz CT molecular complexity index is 757. The Morgan fingerprint density at radius 3 is 2.82 bits per heavy atom. The third-order valence-electron chi connectivity index (χ3n) is 3.62. The van der Waals surface area contributed by atoms with Crippen molar-refractivity contribution in [2.24, 2.45) is 0 Å². The molecule has 0 aromatic heterocycles. The topological polar surface area (TPSA) is 55.4 Å². The normalized spacial score (nSPS) is 16.6. The molecule has 1 aliphatic heterocycles. The van der Waals surface area contributed by atoms with Crippen LogP contribution in [0.1, 0.15) is 21.5 Å². The van der Waals surface area contributed by atoms with Gasteiger partial charge < -0.3 is 10.1 Å². The fraction of sp³-hybridized carbons (Fsp3) is 0.176. The van der Waals surface area contributed by atoms with Crippen molar-refractivity contribution in [3.05, 3.63) is 64.2 Å². The Hall–Kier alpha value is -2.33. The van der Waals surface area contributed by atoms with Crippen LogP contribution in [0.2, 0.25) is 5.02 Å². The summed E-state index contributed by atoms with van der Waals surface area (Å²) in [7, 11) is 0. The van der Waals surface area contributed by atoms with Crippen LogP contribution in [0.3, 0.4) is 0 Å². The first-order valence-electron chi connectivity index (χ1n) is 6.90. The number of carbonyl (C=O) groups is 2. The third kappa shape index (κ3) is 2.83. The van der Waals surface area contributed by atoms with Gasteiger partial charge in [-0.25, -0.2) is 4.79 Å². The van der Waals surface area contributed by atoms with Crippen molar-refractivity contribution in [1.29, 1.82) is 0 Å². The molecule has 1 heterocycles. The van der Waals surface area contributed by atoms with Crippen LogP contribution in [0.15, 0.2) is 42.5 Å². The molecule has 1 amide bonds. The van der Waals surface area contributed by atoms with E-state index >= 15 is 0 Å². The molecular formula is C17H14ClNO3. The zero-order chi connectivity index (χ0) is 15.7. The lowest BCUT2D eigenvalue weighted by atomic mass is 9.98. The van der Waals surface area contributed by atoms with Gasteiger partial charge in [0.25, 0.3) is 5.91 Å². The maximum atomic E-state index is 12.3. The molecule has 0 spiro atoms. The number of halogens is 1. The molecule has 0 saturated heterocycles. The number of nitrogens with one attached hydrogen (secondary N) is 1. The Kier molecular flexibility index (Phi) is 3.86. The molecular weight excluding hydrogens is 302 g/mol. The molecule has 0 fully saturated rings. The van der Waals surface area contributed by atoms with Crippen molar-refractivity contribution >= 4 is 29.2 Å². The second-order valence-corrected chi connectivity index (χ2v) is 5.62. The van der Waals surface area contributed by atoms with Gasteiger partial charge >= 0.3 is 5.97 Å². The molecule has 0 bridgehead atoms. The predicted molar refractivity (Wildman–Crippen MR) is 84.2 cm³/mol. The van der Waals surface area contributed by atoms with Gasteiger partial charge in [0.15, 0.2) is 6.10 Å². The summed E-state index contributed by atoms with van der Waals surface area (Å²) in [6.07, 6.45) is -0.463. The Labute approximate surface area is 133 Å². The zero-order valence-electron chi connectivity index (χ0n) is 11.9. The van der Waals surface area contributed by atoms with Crippen molar-refractivity contribution in [3.63, 3.8) is 0 Å². The van der Waals surface area contributed by atoms with Crippen molar-refractivity contribution in [2.45, 2.75) is 19.4 Å². The molecule has 1 N–H and O–H groups in total. The van der Waals surface area contributed by atoms with Gasteiger partial charge in [0.1, 0.15) is 0 Å². The van der Waals surface area contributed by atoms with Crippen molar-refractivity contribution in [3.8, 4) is 0 Å². The summed E-state index contributed by atoms with van der Waals surface area (Å²) in [6, 6.07) is 12.4. The highest BCUT2D eigenvalue weighted by Gasteiger charge is 2.31. The predicted octanol–water partition coefficient (Wildman–Crippen LogP) is 3.37. The van der Waals surface area contributed by atoms with E-state index in [2.05, 4.69) is 5.32 Å². The zero-order valence-corrected chi connectivity index (χ0v) is 12.7. The van der Waals surface area contributed by atoms with Crippen LogP contribution >= 0.6 is 11.6 Å². The fourth-order valence-electron chi connectivity index (χ4n) is 2.37. The van der Waals surface area contributed by atoms with Crippen molar-refractivity contribution in [2.75, 3.05) is 5.32 Å². The van der Waals surface area contributed by atoms with E-state index in [1.807, 2.05) is 25.1 Å². The van der Waals surface area contributed by atoms with E-state index < -0.39 is 12.1 Å². The minimum atomic E-state index is -0.831. The maximum Gasteiger partial charge on any atom is 0.339 e. The quantitative estimate of drug-likeness (QED) is 0.864. The molecule has 5 heteroatoms. The van der Waals surface area contributed by atoms with E-state index in [9.17, 15) is 9.59 Å². The van der Waals surface area contributed by atoms with Crippen LogP contribution in [0.25, 0.3) is 0 Å². The standard InChI is InChI=1S/C17H14ClNO3/c1-10-6-7-12(9-14(10)18)19-16(20)15-8-11-4-2-3-5-13(11)17(21)22-15/h2-7,9,15H,8H2,1H3,(H,19,20). The summed E-state index contributed by atoms with van der Waals surface area (Å²) in [4.78, 5) is 24.2. The minimum Gasteiger partial charge on any atom is -0.448 e. The number of hydrogen-bond acceptors (Lipinski definition) is 3. The number of rotatable bonds is 2. The SMILES string of the molecule is Cc1ccc(NC(=O)C2Cc3ccccc3C(=O)O2)cc1Cl. The second-order valence-electron chi connectivity index (χ2n) is 5.21. The molecule has 4 nitrogen and oxygen atoms in total. The number of benzene rings is 2. The molecule has 112 valence electrons. The average molecular weight is 316 g/mol. The summed E-state index contributed by atoms with van der Waals surface area (Å²) in [6.45, 7) is 1.88. The monoisotopic (exact) mass is 315 g/mol. The number of cyclic esters (lactones) is 1. The molecule has 0 aliphatic carbocycles. The highest BCUT2D eigenvalue weighted by atomic mass is 35.5. The number of ether oxygens (including phenoxy) is 1. The van der Waals surface area contributed by atoms with Gasteiger partial charge in [-0.15, -0.1) is 0 Å². The number of aryl methyl sites for hydroxylation is 1. The van der Waals surface area contributed by atoms with E-state index in [0.29, 0.717) is 22.7 Å². The smallest absolute Gasteiger partial charge is 0.339 e. The third-order valence-corrected chi connectivity index (χ3v) is 4.03. The van der Waals surface area contributed by atoms with E-state index in [1.54, 1.807) is 24.3 Å². The van der Waals surface area contributed by atoms with E-state index in [0.717, 1.165) is 11.1 Å². The Balaban J connectivity index is 1.76. The average Bonchev–Trinajstić information content (AvgIpc) is 2.51. The van der Waals surface area contributed by atoms with Crippen LogP contribution in [-0.2, 0) is 16.0 Å². The Morgan fingerprint density at radius 1 is 1.27 bits per heavy atom. The second kappa shape index (κ2) is 5.81. The van der Waals surface area contributed by atoms with Crippen LogP contribution in [-0.4, -0.2) is 18.0 Å². The van der Waals surface area contributed by atoms with Gasteiger partial charge in [0.2, 0.25) is 0 Å². The lowest BCUT2D eigenvalue weighted by Gasteiger charge is -2.23. The number of esters is 1. The largest absolute Gasteiger partial charge is 0.448 e. The first-order valence-corrected chi connectivity index (χ1v) is 7.28. The van der Waals surface area contributed by atoms with Crippen LogP contribution in [0.5, 0.6) is 0 Å². The highest BCUT2D eigenvalue weighted by molar-refractivity contribution is 6.31. The Morgan fingerprint density at radius 2 is 2.05 bits per heavy atom. The van der Waals surface area contributed by atoms with E-state index in [-0.39, 0.29) is 5.91 Å². The van der Waals surface area contributed by atoms with Crippen LogP contribution in [0, 0.1) is 6.92 Å². The van der Waals surface area contributed by atoms with Crippen molar-refractivity contribution < 1.29 is 14.3 Å². The summed E-state index contributed by atoms with van der Waals surface area (Å²) >= 11 is 6.04. The lowest BCUT2D eigenvalue weighted by Crippen LogP contribution is -2.37. The number of amides is 1. The first kappa shape index (κ1) is 14.6. The van der Waals surface area contributed by atoms with Crippen LogP contribution < -0.4 is 5.32 Å². The van der Waals surface area contributed by atoms with Gasteiger partial charge in [0.05, 0.1) is 5.56 Å². The number of hydrogen-bond donors (Lipinski definition) is 1. The number of fused-ring (bicyclic) bond motifs is 1. The molecule has 2 aromatic carbocycles. The summed E-state index contributed by atoms with van der Waals surface area (Å²) in [5.41, 5.74) is 2.85. The molecule has 1 aliphatic rings. The van der Waals surface area contributed by atoms with Crippen molar-refractivity contribution in [1.82, 2.24) is 0 Å². The summed E-state index contributed by atoms with van der Waals surface area (Å²) in [5, 5.41) is 3.30. The summed E-state index contributed by atoms with van der Waals surface area (Å²) in [5.74, 6) is -0.827. The van der Waals surface area contributed by atoms with Gasteiger partial charge in [-0.1, -0.05) is 35.9 Å².